The van der Waals surface area contributed by atoms with Gasteiger partial charge < -0.3 is 4.42 Å². The monoisotopic (exact) mass is 500 g/mol. The molecule has 0 saturated carbocycles. The number of likely N-dealkylation sites (tertiary alicyclic amines) is 1. The second-order valence-electron chi connectivity index (χ2n) is 9.84. The van der Waals surface area contributed by atoms with E-state index in [4.69, 9.17) is 14.5 Å². The molecule has 38 heavy (non-hydrogen) atoms. The summed E-state index contributed by atoms with van der Waals surface area (Å²) in [5.74, 6) is 1.61. The van der Waals surface area contributed by atoms with Crippen LogP contribution >= 0.6 is 0 Å². The first-order chi connectivity index (χ1) is 18.8. The van der Waals surface area contributed by atoms with Crippen molar-refractivity contribution in [3.05, 3.63) is 103 Å². The van der Waals surface area contributed by atoms with E-state index in [0.29, 0.717) is 11.8 Å². The van der Waals surface area contributed by atoms with Crippen LogP contribution in [0.4, 0.5) is 0 Å². The van der Waals surface area contributed by atoms with Gasteiger partial charge in [0, 0.05) is 42.5 Å². The zero-order chi connectivity index (χ0) is 25.3. The number of nitrogens with zero attached hydrogens (tertiary/aromatic N) is 6. The van der Waals surface area contributed by atoms with E-state index in [9.17, 15) is 0 Å². The lowest BCUT2D eigenvalue weighted by Gasteiger charge is -2.35. The predicted octanol–water partition coefficient (Wildman–Crippen LogP) is 6.37. The number of fused-ring (bicyclic) bond motifs is 3. The Balaban J connectivity index is 1.27. The van der Waals surface area contributed by atoms with Crippen LogP contribution in [0.2, 0.25) is 0 Å². The van der Waals surface area contributed by atoms with Crippen molar-refractivity contribution in [2.45, 2.75) is 31.7 Å². The molecule has 0 bridgehead atoms. The standard InChI is InChI=1S/C31H28N6O/c1-3-10-22(11-4-1)27-28-30-34-26(16-19-36-18-8-7-15-25(36)24-14-9-17-32-20-24)35-37(30)21-33-31(28)38-29(27)23-12-5-2-6-13-23/h1-6,9-14,17,20-21,25H,7-8,15-16,18-19H2/t25-/m0/s1. The van der Waals surface area contributed by atoms with Crippen molar-refractivity contribution < 1.29 is 4.42 Å². The van der Waals surface area contributed by atoms with Crippen LogP contribution in [0.15, 0.2) is 95.9 Å². The van der Waals surface area contributed by atoms with Gasteiger partial charge in [0.25, 0.3) is 0 Å². The molecule has 0 spiro atoms. The van der Waals surface area contributed by atoms with Gasteiger partial charge in [-0.1, -0.05) is 73.2 Å². The number of pyridine rings is 1. The molecule has 5 heterocycles. The highest BCUT2D eigenvalue weighted by Crippen LogP contribution is 2.41. The third-order valence-electron chi connectivity index (χ3n) is 7.48. The zero-order valence-corrected chi connectivity index (χ0v) is 21.1. The Labute approximate surface area is 220 Å². The molecule has 0 amide bonds. The molecule has 0 radical (unpaired) electrons. The SMILES string of the molecule is c1ccc(-c2oc3ncn4nc(CCN5CCCC[C@H]5c5cccnc5)nc4c3c2-c2ccccc2)cc1. The van der Waals surface area contributed by atoms with Crippen LogP contribution in [0.25, 0.3) is 39.2 Å². The normalized spacial score (nSPS) is 16.4. The van der Waals surface area contributed by atoms with Crippen molar-refractivity contribution >= 4 is 16.7 Å². The Hall–Kier alpha value is -4.36. The summed E-state index contributed by atoms with van der Waals surface area (Å²) in [5.41, 5.74) is 5.71. The van der Waals surface area contributed by atoms with E-state index < -0.39 is 0 Å². The number of hydrogen-bond acceptors (Lipinski definition) is 6. The highest BCUT2D eigenvalue weighted by molar-refractivity contribution is 6.07. The minimum atomic E-state index is 0.398. The molecule has 0 aliphatic carbocycles. The van der Waals surface area contributed by atoms with E-state index in [-0.39, 0.29) is 0 Å². The summed E-state index contributed by atoms with van der Waals surface area (Å²) in [7, 11) is 0. The van der Waals surface area contributed by atoms with Gasteiger partial charge in [-0.15, -0.1) is 5.10 Å². The Morgan fingerprint density at radius 3 is 2.50 bits per heavy atom. The van der Waals surface area contributed by atoms with Crippen LogP contribution in [-0.4, -0.2) is 42.6 Å². The summed E-state index contributed by atoms with van der Waals surface area (Å²) >= 11 is 0. The molecule has 6 aromatic rings. The first kappa shape index (κ1) is 22.8. The summed E-state index contributed by atoms with van der Waals surface area (Å²) in [6, 6.07) is 25.1. The lowest BCUT2D eigenvalue weighted by Crippen LogP contribution is -2.35. The van der Waals surface area contributed by atoms with Crippen LogP contribution in [0.1, 0.15) is 36.7 Å². The highest BCUT2D eigenvalue weighted by atomic mass is 16.3. The van der Waals surface area contributed by atoms with Gasteiger partial charge in [-0.25, -0.2) is 14.5 Å². The van der Waals surface area contributed by atoms with E-state index in [0.717, 1.165) is 65.2 Å². The van der Waals surface area contributed by atoms with Crippen molar-refractivity contribution in [1.82, 2.24) is 29.5 Å². The molecule has 1 aliphatic rings. The maximum atomic E-state index is 6.37. The van der Waals surface area contributed by atoms with Gasteiger partial charge in [0.1, 0.15) is 12.1 Å². The molecular weight excluding hydrogens is 472 g/mol. The zero-order valence-electron chi connectivity index (χ0n) is 21.1. The summed E-state index contributed by atoms with van der Waals surface area (Å²) < 4.78 is 8.16. The number of rotatable bonds is 6. The molecule has 7 rings (SSSR count). The number of benzene rings is 2. The molecule has 0 N–H and O–H groups in total. The van der Waals surface area contributed by atoms with Crippen LogP contribution in [0.3, 0.4) is 0 Å². The van der Waals surface area contributed by atoms with Crippen molar-refractivity contribution in [1.29, 1.82) is 0 Å². The lowest BCUT2D eigenvalue weighted by atomic mass is 9.96. The first-order valence-electron chi connectivity index (χ1n) is 13.3. The summed E-state index contributed by atoms with van der Waals surface area (Å²) in [6.07, 6.45) is 9.95. The smallest absolute Gasteiger partial charge is 0.232 e. The molecule has 2 aromatic carbocycles. The first-order valence-corrected chi connectivity index (χ1v) is 13.3. The van der Waals surface area contributed by atoms with E-state index in [2.05, 4.69) is 45.2 Å². The molecule has 7 heteroatoms. The van der Waals surface area contributed by atoms with Crippen LogP contribution < -0.4 is 0 Å². The number of furan rings is 1. The quantitative estimate of drug-likeness (QED) is 0.265. The Bertz CT molecular complexity index is 1680. The van der Waals surface area contributed by atoms with Crippen molar-refractivity contribution in [3.8, 4) is 22.5 Å². The second kappa shape index (κ2) is 9.84. The minimum absolute atomic E-state index is 0.398. The third-order valence-corrected chi connectivity index (χ3v) is 7.48. The van der Waals surface area contributed by atoms with E-state index in [1.165, 1.54) is 18.4 Å². The molecule has 4 aromatic heterocycles. The van der Waals surface area contributed by atoms with Crippen LogP contribution in [-0.2, 0) is 6.42 Å². The minimum Gasteiger partial charge on any atom is -0.437 e. The number of piperidine rings is 1. The Morgan fingerprint density at radius 1 is 0.895 bits per heavy atom. The highest BCUT2D eigenvalue weighted by Gasteiger charge is 2.25. The molecule has 7 nitrogen and oxygen atoms in total. The molecule has 1 aliphatic heterocycles. The lowest BCUT2D eigenvalue weighted by molar-refractivity contribution is 0.149. The van der Waals surface area contributed by atoms with Gasteiger partial charge in [-0.3, -0.25) is 9.88 Å². The fraction of sp³-hybridized carbons (Fsp3) is 0.226. The van der Waals surface area contributed by atoms with Crippen molar-refractivity contribution in [2.75, 3.05) is 13.1 Å². The fourth-order valence-corrected chi connectivity index (χ4v) is 5.67. The molecule has 0 unspecified atom stereocenters. The Kier molecular flexibility index (Phi) is 5.90. The number of hydrogen-bond donors (Lipinski definition) is 0. The summed E-state index contributed by atoms with van der Waals surface area (Å²) in [5, 5.41) is 5.72. The van der Waals surface area contributed by atoms with Gasteiger partial charge in [0.15, 0.2) is 11.5 Å². The van der Waals surface area contributed by atoms with Gasteiger partial charge in [0.2, 0.25) is 5.71 Å². The second-order valence-corrected chi connectivity index (χ2v) is 9.84. The average Bonchev–Trinajstić information content (AvgIpc) is 3.59. The van der Waals surface area contributed by atoms with Gasteiger partial charge in [0.05, 0.1) is 5.39 Å². The van der Waals surface area contributed by atoms with E-state index in [1.54, 1.807) is 10.8 Å². The topological polar surface area (TPSA) is 72.3 Å². The van der Waals surface area contributed by atoms with Crippen molar-refractivity contribution in [2.24, 2.45) is 0 Å². The third kappa shape index (κ3) is 4.15. The molecule has 1 saturated heterocycles. The fourth-order valence-electron chi connectivity index (χ4n) is 5.67. The molecule has 188 valence electrons. The van der Waals surface area contributed by atoms with E-state index in [1.807, 2.05) is 54.9 Å². The van der Waals surface area contributed by atoms with Gasteiger partial charge in [-0.05, 0) is 36.6 Å². The average molecular weight is 501 g/mol. The molecule has 1 atom stereocenters. The maximum Gasteiger partial charge on any atom is 0.232 e. The van der Waals surface area contributed by atoms with Crippen LogP contribution in [0.5, 0.6) is 0 Å². The van der Waals surface area contributed by atoms with Crippen molar-refractivity contribution in [3.63, 3.8) is 0 Å². The Morgan fingerprint density at radius 2 is 1.71 bits per heavy atom. The van der Waals surface area contributed by atoms with Gasteiger partial charge >= 0.3 is 0 Å². The maximum absolute atomic E-state index is 6.37. The molecular formula is C31H28N6O. The van der Waals surface area contributed by atoms with E-state index >= 15 is 0 Å². The molecule has 1 fully saturated rings. The van der Waals surface area contributed by atoms with Crippen LogP contribution in [0, 0.1) is 0 Å². The largest absolute Gasteiger partial charge is 0.437 e. The summed E-state index contributed by atoms with van der Waals surface area (Å²) in [4.78, 5) is 16.6. The van der Waals surface area contributed by atoms with Gasteiger partial charge in [-0.2, -0.15) is 0 Å². The predicted molar refractivity (Wildman–Crippen MR) is 148 cm³/mol. The number of aromatic nitrogens is 5. The summed E-state index contributed by atoms with van der Waals surface area (Å²) in [6.45, 7) is 1.98.